The van der Waals surface area contributed by atoms with Crippen molar-refractivity contribution in [3.63, 3.8) is 0 Å². The van der Waals surface area contributed by atoms with E-state index in [-0.39, 0.29) is 28.5 Å². The summed E-state index contributed by atoms with van der Waals surface area (Å²) in [7, 11) is 1.52. The summed E-state index contributed by atoms with van der Waals surface area (Å²) in [4.78, 5) is 25.2. The number of carbonyl (C=O) groups is 2. The average Bonchev–Trinajstić information content (AvgIpc) is 2.74. The first-order chi connectivity index (χ1) is 14.3. The average molecular weight is 453 g/mol. The van der Waals surface area contributed by atoms with Gasteiger partial charge in [-0.3, -0.25) is 0 Å². The molecule has 2 aromatic rings. The molecule has 0 saturated carbocycles. The number of halogens is 2. The molecule has 30 heavy (non-hydrogen) atoms. The van der Waals surface area contributed by atoms with Crippen LogP contribution in [-0.4, -0.2) is 35.9 Å². The summed E-state index contributed by atoms with van der Waals surface area (Å²) in [6.45, 7) is 1.73. The van der Waals surface area contributed by atoms with Crippen molar-refractivity contribution in [1.82, 2.24) is 10.6 Å². The van der Waals surface area contributed by atoms with E-state index in [1.165, 1.54) is 13.2 Å². The molecule has 0 bridgehead atoms. The van der Waals surface area contributed by atoms with Crippen LogP contribution in [0.25, 0.3) is 5.70 Å². The number of hydrogen-bond donors (Lipinski definition) is 4. The zero-order valence-electron chi connectivity index (χ0n) is 16.0. The number of rotatable bonds is 5. The molecule has 2 amide bonds. The first-order valence-corrected chi connectivity index (χ1v) is 9.57. The quantitative estimate of drug-likeness (QED) is 0.513. The van der Waals surface area contributed by atoms with Crippen molar-refractivity contribution in [1.29, 1.82) is 0 Å². The molecule has 1 heterocycles. The Morgan fingerprint density at radius 1 is 1.17 bits per heavy atom. The number of aromatic hydroxyl groups is 2. The fourth-order valence-corrected chi connectivity index (χ4v) is 3.52. The van der Waals surface area contributed by atoms with Gasteiger partial charge in [-0.1, -0.05) is 23.2 Å². The number of benzene rings is 2. The van der Waals surface area contributed by atoms with Crippen LogP contribution in [0.2, 0.25) is 10.0 Å². The smallest absolute Gasteiger partial charge is 0.338 e. The normalized spacial score (nSPS) is 16.0. The highest BCUT2D eigenvalue weighted by molar-refractivity contribution is 6.38. The molecule has 0 aromatic heterocycles. The second-order valence-electron chi connectivity index (χ2n) is 6.23. The summed E-state index contributed by atoms with van der Waals surface area (Å²) in [5, 5.41) is 25.0. The predicted molar refractivity (Wildman–Crippen MR) is 111 cm³/mol. The van der Waals surface area contributed by atoms with E-state index >= 15 is 0 Å². The number of ether oxygens (including phenoxy) is 2. The SMILES string of the molecule is CCOC(=O)C1=C(c2ccc(OC)cc2)NC(=O)NC1c1cc(Cl)c(O)c(Cl)c1O. The van der Waals surface area contributed by atoms with Crippen molar-refractivity contribution >= 4 is 40.9 Å². The lowest BCUT2D eigenvalue weighted by Gasteiger charge is -2.30. The number of amides is 2. The number of nitrogens with one attached hydrogen (secondary N) is 2. The minimum Gasteiger partial charge on any atom is -0.506 e. The molecule has 1 aliphatic heterocycles. The number of esters is 1. The van der Waals surface area contributed by atoms with Crippen molar-refractivity contribution in [2.75, 3.05) is 13.7 Å². The minimum absolute atomic E-state index is 0.0201. The van der Waals surface area contributed by atoms with Gasteiger partial charge in [0, 0.05) is 5.56 Å². The molecule has 1 aliphatic rings. The summed E-state index contributed by atoms with van der Waals surface area (Å²) in [6, 6.07) is 6.10. The van der Waals surface area contributed by atoms with Gasteiger partial charge in [-0.15, -0.1) is 0 Å². The number of carbonyl (C=O) groups excluding carboxylic acids is 2. The lowest BCUT2D eigenvalue weighted by molar-refractivity contribution is -0.138. The van der Waals surface area contributed by atoms with Gasteiger partial charge in [0.15, 0.2) is 5.75 Å². The molecular weight excluding hydrogens is 435 g/mol. The van der Waals surface area contributed by atoms with Gasteiger partial charge in [0.25, 0.3) is 0 Å². The van der Waals surface area contributed by atoms with E-state index in [9.17, 15) is 19.8 Å². The molecule has 8 nitrogen and oxygen atoms in total. The Balaban J connectivity index is 2.25. The van der Waals surface area contributed by atoms with Crippen LogP contribution in [0.3, 0.4) is 0 Å². The highest BCUT2D eigenvalue weighted by Crippen LogP contribution is 2.45. The van der Waals surface area contributed by atoms with E-state index < -0.39 is 34.6 Å². The first kappa shape index (κ1) is 21.6. The van der Waals surface area contributed by atoms with E-state index in [1.54, 1.807) is 31.2 Å². The molecule has 1 unspecified atom stereocenters. The molecule has 1 atom stereocenters. The van der Waals surface area contributed by atoms with Crippen molar-refractivity contribution in [2.24, 2.45) is 0 Å². The monoisotopic (exact) mass is 452 g/mol. The molecule has 10 heteroatoms. The maximum atomic E-state index is 12.9. The van der Waals surface area contributed by atoms with Crippen LogP contribution >= 0.6 is 23.2 Å². The van der Waals surface area contributed by atoms with Gasteiger partial charge in [-0.25, -0.2) is 9.59 Å². The summed E-state index contributed by atoms with van der Waals surface area (Å²) < 4.78 is 10.3. The standard InChI is InChI=1S/C20H18Cl2N2O6/c1-3-30-19(27)13-15(9-4-6-10(29-2)7-5-9)23-20(28)24-16(13)11-8-12(21)18(26)14(22)17(11)25/h4-8,16,25-26H,3H2,1-2H3,(H2,23,24,28). The lowest BCUT2D eigenvalue weighted by atomic mass is 9.92. The summed E-state index contributed by atoms with van der Waals surface area (Å²) in [5.74, 6) is -1.18. The van der Waals surface area contributed by atoms with Crippen molar-refractivity contribution in [3.05, 3.63) is 57.1 Å². The Kier molecular flexibility index (Phi) is 6.28. The van der Waals surface area contributed by atoms with E-state index in [1.807, 2.05) is 0 Å². The molecule has 158 valence electrons. The van der Waals surface area contributed by atoms with Gasteiger partial charge in [0.05, 0.1) is 36.1 Å². The second kappa shape index (κ2) is 8.73. The Hall–Kier alpha value is -3.10. The van der Waals surface area contributed by atoms with Crippen molar-refractivity contribution in [2.45, 2.75) is 13.0 Å². The van der Waals surface area contributed by atoms with Gasteiger partial charge in [-0.2, -0.15) is 0 Å². The van der Waals surface area contributed by atoms with Crippen LogP contribution < -0.4 is 15.4 Å². The minimum atomic E-state index is -1.15. The predicted octanol–water partition coefficient (Wildman–Crippen LogP) is 3.74. The van der Waals surface area contributed by atoms with E-state index in [2.05, 4.69) is 10.6 Å². The zero-order chi connectivity index (χ0) is 22.0. The molecule has 3 rings (SSSR count). The third-order valence-corrected chi connectivity index (χ3v) is 5.10. The number of methoxy groups -OCH3 is 1. The third kappa shape index (κ3) is 3.96. The fourth-order valence-electron chi connectivity index (χ4n) is 3.05. The van der Waals surface area contributed by atoms with Crippen LogP contribution in [0.1, 0.15) is 24.1 Å². The molecule has 0 aliphatic carbocycles. The molecule has 0 spiro atoms. The Morgan fingerprint density at radius 3 is 2.43 bits per heavy atom. The molecule has 2 aromatic carbocycles. The van der Waals surface area contributed by atoms with Crippen LogP contribution in [0.5, 0.6) is 17.2 Å². The van der Waals surface area contributed by atoms with Crippen LogP contribution in [0.15, 0.2) is 35.9 Å². The molecule has 0 fully saturated rings. The summed E-state index contributed by atoms with van der Waals surface area (Å²) >= 11 is 12.0. The van der Waals surface area contributed by atoms with Crippen LogP contribution in [-0.2, 0) is 9.53 Å². The van der Waals surface area contributed by atoms with E-state index in [0.29, 0.717) is 11.3 Å². The van der Waals surface area contributed by atoms with Gasteiger partial charge in [0.1, 0.15) is 16.5 Å². The molecular formula is C20H18Cl2N2O6. The summed E-state index contributed by atoms with van der Waals surface area (Å²) in [5.41, 5.74) is 0.736. The van der Waals surface area contributed by atoms with Gasteiger partial charge in [0.2, 0.25) is 0 Å². The van der Waals surface area contributed by atoms with E-state index in [4.69, 9.17) is 32.7 Å². The number of hydrogen-bond acceptors (Lipinski definition) is 6. The Bertz CT molecular complexity index is 1040. The Labute approximate surface area is 182 Å². The number of phenols is 2. The highest BCUT2D eigenvalue weighted by atomic mass is 35.5. The van der Waals surface area contributed by atoms with E-state index in [0.717, 1.165) is 0 Å². The maximum Gasteiger partial charge on any atom is 0.338 e. The van der Waals surface area contributed by atoms with Gasteiger partial charge < -0.3 is 30.3 Å². The zero-order valence-corrected chi connectivity index (χ0v) is 17.5. The second-order valence-corrected chi connectivity index (χ2v) is 7.01. The largest absolute Gasteiger partial charge is 0.506 e. The Morgan fingerprint density at radius 2 is 1.83 bits per heavy atom. The molecule has 0 saturated heterocycles. The van der Waals surface area contributed by atoms with Crippen molar-refractivity contribution < 1.29 is 29.3 Å². The third-order valence-electron chi connectivity index (χ3n) is 4.45. The highest BCUT2D eigenvalue weighted by Gasteiger charge is 2.37. The molecule has 0 radical (unpaired) electrons. The first-order valence-electron chi connectivity index (χ1n) is 8.81. The summed E-state index contributed by atoms with van der Waals surface area (Å²) in [6.07, 6.45) is 0. The van der Waals surface area contributed by atoms with Crippen LogP contribution in [0.4, 0.5) is 4.79 Å². The number of urea groups is 1. The number of phenolic OH excluding ortho intramolecular Hbond substituents is 2. The lowest BCUT2D eigenvalue weighted by Crippen LogP contribution is -2.45. The van der Waals surface area contributed by atoms with Crippen LogP contribution in [0, 0.1) is 0 Å². The van der Waals surface area contributed by atoms with Gasteiger partial charge >= 0.3 is 12.0 Å². The van der Waals surface area contributed by atoms with Gasteiger partial charge in [-0.05, 0) is 42.8 Å². The maximum absolute atomic E-state index is 12.9. The molecule has 4 N–H and O–H groups in total. The fraction of sp³-hybridized carbons (Fsp3) is 0.200. The van der Waals surface area contributed by atoms with Crippen molar-refractivity contribution in [3.8, 4) is 17.2 Å². The topological polar surface area (TPSA) is 117 Å².